The van der Waals surface area contributed by atoms with E-state index in [1.807, 2.05) is 68.8 Å². The van der Waals surface area contributed by atoms with Crippen molar-refractivity contribution in [3.8, 4) is 0 Å². The summed E-state index contributed by atoms with van der Waals surface area (Å²) in [6, 6.07) is 34.3. The molecule has 18 rings (SSSR count). The lowest BCUT2D eigenvalue weighted by Gasteiger charge is -2.28. The number of anilines is 1. The second-order valence-electron chi connectivity index (χ2n) is 24.5. The van der Waals surface area contributed by atoms with Crippen LogP contribution >= 0.6 is 0 Å². The van der Waals surface area contributed by atoms with Crippen LogP contribution in [-0.4, -0.2) is 150 Å². The van der Waals surface area contributed by atoms with Gasteiger partial charge in [0, 0.05) is 135 Å². The van der Waals surface area contributed by atoms with Crippen molar-refractivity contribution in [2.24, 2.45) is 4.99 Å². The minimum Gasteiger partial charge on any atom is -0.478 e. The number of piperazine rings is 1. The van der Waals surface area contributed by atoms with Gasteiger partial charge in [0.15, 0.2) is 11.8 Å². The predicted octanol–water partition coefficient (Wildman–Crippen LogP) is 7.73. The molecule has 0 atom stereocenters. The van der Waals surface area contributed by atoms with E-state index in [0.717, 1.165) is 70.7 Å². The average molecular weight is 1440 g/mol. The molecular formula is C76H65F3N21O7+. The van der Waals surface area contributed by atoms with E-state index in [1.54, 1.807) is 126 Å². The van der Waals surface area contributed by atoms with Crippen LogP contribution in [0.25, 0.3) is 38.0 Å². The van der Waals surface area contributed by atoms with E-state index in [2.05, 4.69) is 81.9 Å². The molecule has 107 heavy (non-hydrogen) atoms. The minimum absolute atomic E-state index is 0.0289. The molecule has 0 unspecified atom stereocenters. The van der Waals surface area contributed by atoms with E-state index in [1.165, 1.54) is 30.5 Å². The molecule has 6 aromatic carbocycles. The number of halogens is 3. The van der Waals surface area contributed by atoms with Gasteiger partial charge in [-0.3, -0.25) is 39.3 Å². The number of carboxylic acids is 1. The van der Waals surface area contributed by atoms with E-state index in [-0.39, 0.29) is 51.6 Å². The van der Waals surface area contributed by atoms with Gasteiger partial charge >= 0.3 is 5.97 Å². The average Bonchev–Trinajstić information content (AvgIpc) is 1.75. The van der Waals surface area contributed by atoms with Gasteiger partial charge in [0.25, 0.3) is 34.3 Å². The smallest absolute Gasteiger partial charge is 0.338 e. The van der Waals surface area contributed by atoms with Gasteiger partial charge in [-0.1, -0.05) is 72.8 Å². The van der Waals surface area contributed by atoms with Crippen LogP contribution in [0.3, 0.4) is 0 Å². The Kier molecular flexibility index (Phi) is 22.0. The first-order valence-electron chi connectivity index (χ1n) is 33.5. The Morgan fingerprint density at radius 2 is 0.944 bits per heavy atom. The van der Waals surface area contributed by atoms with Crippen LogP contribution in [0.2, 0.25) is 0 Å². The fraction of sp³-hybridized carbons (Fsp3) is 0.158. The quantitative estimate of drug-likeness (QED) is 0.0753. The summed E-state index contributed by atoms with van der Waals surface area (Å²) in [5.41, 5.74) is 8.94. The zero-order valence-corrected chi connectivity index (χ0v) is 56.9. The van der Waals surface area contributed by atoms with Gasteiger partial charge in [-0.15, -0.1) is 0 Å². The molecule has 4 aliphatic rings. The number of imidazole rings is 3. The first-order valence-corrected chi connectivity index (χ1v) is 33.5. The first kappa shape index (κ1) is 71.3. The molecule has 12 heterocycles. The van der Waals surface area contributed by atoms with Crippen molar-refractivity contribution < 1.29 is 32.7 Å². The molecular weight excluding hydrogens is 1380 g/mol. The standard InChI is InChI=1S/2C22H18FN5O2.C16H11FN2O3.C6H8N3.C6H5N3.C4H5N3/c2*23-18-6-5-14(12-19-15-3-1-2-4-16(15)21(29)26-25-19)11-17(18)22(30)28-10-9-27-8-7-24-20(27)13-28;17-13-6-5-9(7-12(13)16(21)22)8-14-10-3-1-2-4-11(10)15(20)19-18-14;2*1-3-9-4-2-8-6(9)5-7-1;5-4-3-6-1-2-7-4/h2*1-8,11H,9-10,12-13H2,(H,26,29);1-7H,8H2,(H,19,20)(H,21,22);4,7H,1,3,5H2;1-5H;1-3H,(H2,5,7)/q;;;+1;;. The Bertz CT molecular complexity index is 5600. The fourth-order valence-corrected chi connectivity index (χ4v) is 12.2. The molecule has 0 spiro atoms. The third-order valence-electron chi connectivity index (χ3n) is 17.6. The lowest BCUT2D eigenvalue weighted by Crippen LogP contribution is -2.43. The third kappa shape index (κ3) is 17.0. The highest BCUT2D eigenvalue weighted by Gasteiger charge is 2.28. The van der Waals surface area contributed by atoms with Crippen LogP contribution < -0.4 is 27.7 Å². The molecule has 8 aromatic heterocycles. The number of aromatic amines is 3. The largest absolute Gasteiger partial charge is 0.478 e. The molecule has 0 aliphatic carbocycles. The van der Waals surface area contributed by atoms with E-state index in [4.69, 9.17) is 10.8 Å². The SMILES string of the molecule is Nc1cnccn1.O=C(O)c1cc(Cc2n[nH]c(=O)c3ccccc23)ccc1F.O=C(c1cc(Cc2n[nH]c(=O)c3ccccc23)ccc1F)N1CCn2ccnc2C1.O=C(c1cc(Cc2n[nH]c(=O)c3ccccc23)ccc1F)N1CCn2ccnc2C1.[C+]1=CN2CCNCC2=N1.c1cn2ccnc2cn1. The number of rotatable bonds is 9. The van der Waals surface area contributed by atoms with Crippen molar-refractivity contribution in [3.05, 3.63) is 325 Å². The summed E-state index contributed by atoms with van der Waals surface area (Å²) in [5.74, 6) is -0.803. The van der Waals surface area contributed by atoms with Crippen molar-refractivity contribution in [2.75, 3.05) is 38.5 Å². The zero-order chi connectivity index (χ0) is 74.3. The number of nitrogens with one attached hydrogen (secondary N) is 4. The van der Waals surface area contributed by atoms with Crippen molar-refractivity contribution in [1.82, 2.24) is 94.0 Å². The summed E-state index contributed by atoms with van der Waals surface area (Å²) in [6.07, 6.45) is 26.5. The number of H-pyrrole nitrogens is 3. The Labute approximate surface area is 605 Å². The van der Waals surface area contributed by atoms with Crippen LogP contribution in [-0.2, 0) is 45.4 Å². The van der Waals surface area contributed by atoms with Crippen LogP contribution in [0.15, 0.2) is 227 Å². The van der Waals surface area contributed by atoms with E-state index in [9.17, 15) is 41.9 Å². The summed E-state index contributed by atoms with van der Waals surface area (Å²) < 4.78 is 48.4. The van der Waals surface area contributed by atoms with E-state index < -0.39 is 23.4 Å². The highest BCUT2D eigenvalue weighted by atomic mass is 19.1. The number of nitrogens with two attached hydrogens (primary N) is 1. The first-order chi connectivity index (χ1) is 52.1. The number of carbonyl (C=O) groups is 3. The van der Waals surface area contributed by atoms with E-state index in [0.29, 0.717) is 102 Å². The normalized spacial score (nSPS) is 13.1. The highest BCUT2D eigenvalue weighted by Crippen LogP contribution is 2.25. The maximum atomic E-state index is 14.5. The number of amidine groups is 1. The van der Waals surface area contributed by atoms with Crippen LogP contribution in [0.5, 0.6) is 0 Å². The van der Waals surface area contributed by atoms with Gasteiger partial charge in [-0.05, 0) is 71.3 Å². The molecule has 4 aliphatic heterocycles. The summed E-state index contributed by atoms with van der Waals surface area (Å²) in [7, 11) is 0. The zero-order valence-electron chi connectivity index (χ0n) is 56.9. The molecule has 1 fully saturated rings. The maximum Gasteiger partial charge on any atom is 0.338 e. The molecule has 7 N–H and O–H groups in total. The minimum atomic E-state index is -1.32. The van der Waals surface area contributed by atoms with Crippen molar-refractivity contribution in [2.45, 2.75) is 45.4 Å². The molecule has 0 saturated carbocycles. The lowest BCUT2D eigenvalue weighted by atomic mass is 10.0. The molecule has 31 heteroatoms. The Hall–Kier alpha value is -14.1. The molecule has 0 radical (unpaired) electrons. The number of aliphatic imine (C=N–C) groups is 1. The van der Waals surface area contributed by atoms with Crippen LogP contribution in [0.1, 0.15) is 76.5 Å². The number of carbonyl (C=O) groups excluding carboxylic acids is 2. The summed E-state index contributed by atoms with van der Waals surface area (Å²) in [5, 5.41) is 35.7. The van der Waals surface area contributed by atoms with Crippen molar-refractivity contribution in [1.29, 1.82) is 0 Å². The number of hydrogen-bond donors (Lipinski definition) is 6. The molecule has 536 valence electrons. The Balaban J connectivity index is 0.000000122. The number of amides is 2. The number of fused-ring (bicyclic) bond motifs is 7. The van der Waals surface area contributed by atoms with Gasteiger partial charge in [0.2, 0.25) is 6.20 Å². The molecule has 28 nitrogen and oxygen atoms in total. The number of nitrogens with zero attached hydrogens (tertiary/aromatic N) is 16. The number of hydrogen-bond acceptors (Lipinski definition) is 19. The topological polar surface area (TPSA) is 360 Å². The second kappa shape index (κ2) is 32.9. The second-order valence-corrected chi connectivity index (χ2v) is 24.5. The monoisotopic (exact) mass is 1440 g/mol. The number of nitrogen functional groups attached to an aromatic ring is 1. The van der Waals surface area contributed by atoms with Crippen molar-refractivity contribution >= 4 is 67.4 Å². The van der Waals surface area contributed by atoms with Crippen LogP contribution in [0.4, 0.5) is 19.0 Å². The van der Waals surface area contributed by atoms with Gasteiger partial charge in [-0.25, -0.2) is 58.1 Å². The Morgan fingerprint density at radius 1 is 0.495 bits per heavy atom. The predicted molar refractivity (Wildman–Crippen MR) is 390 cm³/mol. The number of benzene rings is 6. The van der Waals surface area contributed by atoms with E-state index >= 15 is 0 Å². The number of aromatic carboxylic acids is 1. The molecule has 2 amide bonds. The van der Waals surface area contributed by atoms with Crippen LogP contribution in [0, 0.1) is 23.7 Å². The number of aromatic nitrogens is 15. The summed E-state index contributed by atoms with van der Waals surface area (Å²) in [6.45, 7) is 5.94. The third-order valence-corrected chi connectivity index (χ3v) is 17.6. The Morgan fingerprint density at radius 3 is 1.38 bits per heavy atom. The van der Waals surface area contributed by atoms with Gasteiger partial charge in [0.05, 0.1) is 82.0 Å². The van der Waals surface area contributed by atoms with Gasteiger partial charge in [-0.2, -0.15) is 15.3 Å². The van der Waals surface area contributed by atoms with Crippen molar-refractivity contribution in [3.63, 3.8) is 0 Å². The lowest BCUT2D eigenvalue weighted by molar-refractivity contribution is 0.0685. The molecule has 14 aromatic rings. The number of carboxylic acid groups (broad SMARTS) is 1. The van der Waals surface area contributed by atoms with Gasteiger partial charge in [0.1, 0.15) is 41.5 Å². The molecule has 1 saturated heterocycles. The maximum absolute atomic E-state index is 14.5. The molecule has 0 bridgehead atoms. The summed E-state index contributed by atoms with van der Waals surface area (Å²) in [4.78, 5) is 106. The highest BCUT2D eigenvalue weighted by molar-refractivity contribution is 5.96. The van der Waals surface area contributed by atoms with Gasteiger partial charge < -0.3 is 34.2 Å². The summed E-state index contributed by atoms with van der Waals surface area (Å²) >= 11 is 0. The fourth-order valence-electron chi connectivity index (χ4n) is 12.2.